The number of phosphoric ester groups is 1. The lowest BCUT2D eigenvalue weighted by Gasteiger charge is -2.25. The van der Waals surface area contributed by atoms with Crippen molar-refractivity contribution in [3.63, 3.8) is 0 Å². The van der Waals surface area contributed by atoms with Crippen molar-refractivity contribution in [2.75, 3.05) is 40.9 Å². The van der Waals surface area contributed by atoms with Gasteiger partial charge in [-0.3, -0.25) is 13.8 Å². The van der Waals surface area contributed by atoms with Gasteiger partial charge in [-0.1, -0.05) is 133 Å². The summed E-state index contributed by atoms with van der Waals surface area (Å²) in [6, 6.07) is -0.867. The zero-order valence-electron chi connectivity index (χ0n) is 32.9. The Hall–Kier alpha value is -1.54. The fourth-order valence-corrected chi connectivity index (χ4v) is 6.10. The highest BCUT2D eigenvalue weighted by Gasteiger charge is 2.27. The van der Waals surface area contributed by atoms with Gasteiger partial charge in [-0.2, -0.15) is 0 Å². The van der Waals surface area contributed by atoms with Gasteiger partial charge >= 0.3 is 7.82 Å². The molecule has 3 atom stereocenters. The molecular weight excluding hydrogens is 647 g/mol. The number of rotatable bonds is 35. The molecule has 3 N–H and O–H groups in total. The Morgan fingerprint density at radius 1 is 0.700 bits per heavy atom. The van der Waals surface area contributed by atoms with Crippen LogP contribution in [0.3, 0.4) is 0 Å². The first kappa shape index (κ1) is 48.5. The molecule has 0 saturated heterocycles. The maximum atomic E-state index is 12.8. The predicted octanol–water partition coefficient (Wildman–Crippen LogP) is 10.5. The first-order chi connectivity index (χ1) is 24.0. The smallest absolute Gasteiger partial charge is 0.387 e. The van der Waals surface area contributed by atoms with Crippen LogP contribution >= 0.6 is 7.82 Å². The molecule has 3 unspecified atom stereocenters. The van der Waals surface area contributed by atoms with E-state index < -0.39 is 20.0 Å². The molecule has 0 fully saturated rings. The van der Waals surface area contributed by atoms with E-state index in [2.05, 4.69) is 42.6 Å². The Labute approximate surface area is 308 Å². The van der Waals surface area contributed by atoms with Crippen LogP contribution < -0.4 is 5.32 Å². The molecule has 0 aromatic heterocycles. The number of unbranched alkanes of at least 4 members (excludes halogenated alkanes) is 17. The largest absolute Gasteiger partial charge is 0.472 e. The molecule has 0 aliphatic rings. The quantitative estimate of drug-likeness (QED) is 0.0260. The van der Waals surface area contributed by atoms with E-state index in [0.29, 0.717) is 17.4 Å². The summed E-state index contributed by atoms with van der Waals surface area (Å²) < 4.78 is 23.4. The maximum Gasteiger partial charge on any atom is 0.472 e. The van der Waals surface area contributed by atoms with E-state index in [4.69, 9.17) is 9.05 Å². The molecule has 292 valence electrons. The number of nitrogens with one attached hydrogen (secondary N) is 1. The summed E-state index contributed by atoms with van der Waals surface area (Å²) in [6.07, 6.45) is 40.6. The first-order valence-electron chi connectivity index (χ1n) is 20.0. The molecule has 1 amide bonds. The Kier molecular flexibility index (Phi) is 32.3. The average molecular weight is 726 g/mol. The van der Waals surface area contributed by atoms with Gasteiger partial charge < -0.3 is 19.8 Å². The van der Waals surface area contributed by atoms with E-state index in [1.807, 2.05) is 40.2 Å². The van der Waals surface area contributed by atoms with E-state index in [9.17, 15) is 19.4 Å². The van der Waals surface area contributed by atoms with E-state index in [1.54, 1.807) is 6.08 Å². The summed E-state index contributed by atoms with van der Waals surface area (Å²) in [5.74, 6) is -0.199. The third-order valence-corrected chi connectivity index (χ3v) is 9.58. The lowest BCUT2D eigenvalue weighted by atomic mass is 10.0. The van der Waals surface area contributed by atoms with Gasteiger partial charge in [0.05, 0.1) is 39.9 Å². The number of carbonyl (C=O) groups excluding carboxylic acids is 1. The normalized spacial score (nSPS) is 15.1. The van der Waals surface area contributed by atoms with Crippen molar-refractivity contribution in [2.45, 2.75) is 167 Å². The molecule has 0 rings (SSSR count). The second-order valence-electron chi connectivity index (χ2n) is 14.6. The Balaban J connectivity index is 4.38. The van der Waals surface area contributed by atoms with Crippen molar-refractivity contribution < 1.29 is 32.9 Å². The average Bonchev–Trinajstić information content (AvgIpc) is 3.06. The van der Waals surface area contributed by atoms with Crippen LogP contribution in [0.4, 0.5) is 0 Å². The van der Waals surface area contributed by atoms with Crippen LogP contribution in [-0.4, -0.2) is 73.4 Å². The third kappa shape index (κ3) is 34.9. The third-order valence-electron chi connectivity index (χ3n) is 8.59. The van der Waals surface area contributed by atoms with Gasteiger partial charge in [-0.05, 0) is 64.7 Å². The number of nitrogens with zero attached hydrogens (tertiary/aromatic N) is 1. The predicted molar refractivity (Wildman–Crippen MR) is 212 cm³/mol. The van der Waals surface area contributed by atoms with Crippen molar-refractivity contribution in [2.24, 2.45) is 0 Å². The second kappa shape index (κ2) is 33.3. The van der Waals surface area contributed by atoms with Crippen LogP contribution in [0, 0.1) is 0 Å². The molecule has 0 aromatic rings. The van der Waals surface area contributed by atoms with E-state index in [1.165, 1.54) is 89.9 Å². The Morgan fingerprint density at radius 2 is 1.18 bits per heavy atom. The highest BCUT2D eigenvalue weighted by Crippen LogP contribution is 2.43. The number of likely N-dealkylation sites (N-methyl/N-ethyl adjacent to an activating group) is 1. The number of phosphoric acid groups is 1. The summed E-state index contributed by atoms with van der Waals surface area (Å²) in [5, 5.41) is 13.7. The van der Waals surface area contributed by atoms with Crippen LogP contribution in [0.25, 0.3) is 0 Å². The summed E-state index contributed by atoms with van der Waals surface area (Å²) in [4.78, 5) is 23.0. The fraction of sp³-hybridized carbons (Fsp3) is 0.780. The van der Waals surface area contributed by atoms with Gasteiger partial charge in [-0.25, -0.2) is 4.57 Å². The van der Waals surface area contributed by atoms with Crippen molar-refractivity contribution in [1.29, 1.82) is 0 Å². The molecule has 50 heavy (non-hydrogen) atoms. The zero-order valence-corrected chi connectivity index (χ0v) is 33.8. The number of carbonyl (C=O) groups is 1. The molecule has 9 heteroatoms. The molecular formula is C41H78N2O6P+. The minimum Gasteiger partial charge on any atom is -0.387 e. The van der Waals surface area contributed by atoms with Gasteiger partial charge in [0.2, 0.25) is 5.91 Å². The van der Waals surface area contributed by atoms with Crippen molar-refractivity contribution >= 4 is 13.7 Å². The van der Waals surface area contributed by atoms with Gasteiger partial charge in [0.15, 0.2) is 0 Å². The van der Waals surface area contributed by atoms with Crippen molar-refractivity contribution in [3.05, 3.63) is 48.6 Å². The highest BCUT2D eigenvalue weighted by molar-refractivity contribution is 7.47. The Morgan fingerprint density at radius 3 is 1.72 bits per heavy atom. The molecule has 0 bridgehead atoms. The van der Waals surface area contributed by atoms with Crippen LogP contribution in [0.2, 0.25) is 0 Å². The van der Waals surface area contributed by atoms with E-state index in [-0.39, 0.29) is 19.1 Å². The molecule has 0 saturated carbocycles. The highest BCUT2D eigenvalue weighted by atomic mass is 31.2. The molecule has 0 spiro atoms. The van der Waals surface area contributed by atoms with Gasteiger partial charge in [-0.15, -0.1) is 0 Å². The number of hydrogen-bond acceptors (Lipinski definition) is 5. The zero-order chi connectivity index (χ0) is 37.2. The standard InChI is InChI=1S/C41H77N2O6P/c1-6-8-10-12-14-16-17-18-19-20-21-22-23-24-25-27-29-31-33-35-41(45)42-39(38-49-50(46,47)48-37-36-43(3,4)5)40(44)34-32-30-28-26-15-13-11-9-7-2/h7,9,15,18-19,26,32,34,39-40,44H,6,8,10-14,16-17,20-25,27-31,33,35-38H2,1-5H3,(H-,42,45,46,47)/p+1/b9-7+,19-18-,26-15+,34-32+. The molecule has 0 aliphatic heterocycles. The Bertz CT molecular complexity index is 959. The summed E-state index contributed by atoms with van der Waals surface area (Å²) in [5.41, 5.74) is 0. The second-order valence-corrected chi connectivity index (χ2v) is 16.1. The summed E-state index contributed by atoms with van der Waals surface area (Å²) in [7, 11) is 1.53. The van der Waals surface area contributed by atoms with E-state index >= 15 is 0 Å². The minimum absolute atomic E-state index is 0.0516. The molecule has 0 aromatic carbocycles. The summed E-state index contributed by atoms with van der Waals surface area (Å²) in [6.45, 7) is 4.52. The molecule has 8 nitrogen and oxygen atoms in total. The van der Waals surface area contributed by atoms with Crippen LogP contribution in [-0.2, 0) is 18.4 Å². The fourth-order valence-electron chi connectivity index (χ4n) is 5.37. The van der Waals surface area contributed by atoms with Gasteiger partial charge in [0.25, 0.3) is 0 Å². The van der Waals surface area contributed by atoms with E-state index in [0.717, 1.165) is 44.9 Å². The minimum atomic E-state index is -4.34. The topological polar surface area (TPSA) is 105 Å². The number of quaternary nitrogens is 1. The number of aliphatic hydroxyl groups is 1. The van der Waals surface area contributed by atoms with Crippen LogP contribution in [0.15, 0.2) is 48.6 Å². The van der Waals surface area contributed by atoms with Gasteiger partial charge in [0, 0.05) is 6.42 Å². The lowest BCUT2D eigenvalue weighted by molar-refractivity contribution is -0.870. The SMILES string of the molecule is C/C=C/CC/C=C/CC/C=C/C(O)C(COP(=O)(O)OCC[N+](C)(C)C)NC(=O)CCCCCCCCCCC/C=C\CCCCCCCC. The number of allylic oxidation sites excluding steroid dienone is 7. The molecule has 0 heterocycles. The van der Waals surface area contributed by atoms with Crippen molar-refractivity contribution in [1.82, 2.24) is 5.32 Å². The monoisotopic (exact) mass is 726 g/mol. The van der Waals surface area contributed by atoms with Crippen molar-refractivity contribution in [3.8, 4) is 0 Å². The summed E-state index contributed by atoms with van der Waals surface area (Å²) >= 11 is 0. The lowest BCUT2D eigenvalue weighted by Crippen LogP contribution is -2.45. The maximum absolute atomic E-state index is 12.8. The first-order valence-corrected chi connectivity index (χ1v) is 21.5. The van der Waals surface area contributed by atoms with Crippen LogP contribution in [0.5, 0.6) is 0 Å². The van der Waals surface area contributed by atoms with Crippen LogP contribution in [0.1, 0.15) is 155 Å². The number of amides is 1. The number of aliphatic hydroxyl groups excluding tert-OH is 1. The molecule has 0 aliphatic carbocycles. The number of hydrogen-bond donors (Lipinski definition) is 3. The van der Waals surface area contributed by atoms with Gasteiger partial charge in [0.1, 0.15) is 13.2 Å². The molecule has 0 radical (unpaired) electrons.